The van der Waals surface area contributed by atoms with Crippen LogP contribution in [0.15, 0.2) is 42.5 Å². The number of hydrogen-bond donors (Lipinski definition) is 0. The van der Waals surface area contributed by atoms with Gasteiger partial charge in [0.15, 0.2) is 0 Å². The van der Waals surface area contributed by atoms with Crippen molar-refractivity contribution >= 4 is 6.09 Å². The zero-order chi connectivity index (χ0) is 27.6. The minimum atomic E-state index is -0.565. The topological polar surface area (TPSA) is 47.4 Å². The van der Waals surface area contributed by atoms with Crippen molar-refractivity contribution in [1.29, 1.82) is 0 Å². The zero-order valence-electron chi connectivity index (χ0n) is 23.6. The molecule has 1 aliphatic rings. The van der Waals surface area contributed by atoms with Crippen molar-refractivity contribution in [3.8, 4) is 17.7 Å². The second kappa shape index (κ2) is 11.0. The first-order valence-corrected chi connectivity index (χ1v) is 13.3. The van der Waals surface area contributed by atoms with Gasteiger partial charge in [-0.3, -0.25) is 4.90 Å². The van der Waals surface area contributed by atoms with Crippen molar-refractivity contribution in [2.45, 2.75) is 79.4 Å². The number of hydrogen-bond acceptors (Lipinski definition) is 3. The van der Waals surface area contributed by atoms with Crippen LogP contribution in [-0.2, 0) is 17.6 Å². The lowest BCUT2D eigenvalue weighted by Crippen LogP contribution is -2.39. The fourth-order valence-corrected chi connectivity index (χ4v) is 5.00. The minimum absolute atomic E-state index is 0.248. The summed E-state index contributed by atoms with van der Waals surface area (Å²) in [7, 11) is 0. The van der Waals surface area contributed by atoms with E-state index in [9.17, 15) is 9.18 Å². The second-order valence-corrected chi connectivity index (χ2v) is 11.6. The van der Waals surface area contributed by atoms with Crippen molar-refractivity contribution < 1.29 is 13.9 Å². The van der Waals surface area contributed by atoms with Gasteiger partial charge in [-0.25, -0.2) is 14.2 Å². The third-order valence-corrected chi connectivity index (χ3v) is 6.66. The standard InChI is InChI=1S/C32H38FN3O2/c1-21-14-28(34-30(16-21)36-23(3)8-9-24(36)4)12-10-25-17-26(19-27(33)18-25)11-13-29-15-22(2)20-35(29)31(37)38-32(5,6)7/h8-9,14,16-19,22,29H,10,12,15,20H2,1-7H3/t22-,29?/m0/s1. The van der Waals surface area contributed by atoms with Crippen LogP contribution >= 0.6 is 0 Å². The summed E-state index contributed by atoms with van der Waals surface area (Å²) in [6.45, 7) is 14.5. The van der Waals surface area contributed by atoms with Gasteiger partial charge in [0.1, 0.15) is 17.2 Å². The third-order valence-electron chi connectivity index (χ3n) is 6.66. The van der Waals surface area contributed by atoms with Crippen molar-refractivity contribution in [3.05, 3.63) is 82.1 Å². The van der Waals surface area contributed by atoms with Crippen LogP contribution in [-0.4, -0.2) is 38.7 Å². The molecule has 1 amide bonds. The van der Waals surface area contributed by atoms with Gasteiger partial charge in [0.2, 0.25) is 0 Å². The summed E-state index contributed by atoms with van der Waals surface area (Å²) in [4.78, 5) is 19.3. The Bertz CT molecular complexity index is 1370. The highest BCUT2D eigenvalue weighted by atomic mass is 19.1. The normalized spacial score (nSPS) is 17.3. The number of carbonyl (C=O) groups excluding carboxylic acids is 1. The molecule has 0 N–H and O–H groups in total. The van der Waals surface area contributed by atoms with Crippen LogP contribution in [0.25, 0.3) is 5.82 Å². The number of halogens is 1. The van der Waals surface area contributed by atoms with Crippen LogP contribution in [0.4, 0.5) is 9.18 Å². The molecule has 2 atom stereocenters. The Morgan fingerprint density at radius 1 is 1.08 bits per heavy atom. The fourth-order valence-electron chi connectivity index (χ4n) is 5.00. The number of rotatable bonds is 4. The number of aromatic nitrogens is 2. The molecule has 3 heterocycles. The lowest BCUT2D eigenvalue weighted by atomic mass is 10.0. The fraction of sp³-hybridized carbons (Fsp3) is 0.438. The first-order chi connectivity index (χ1) is 17.9. The van der Waals surface area contributed by atoms with E-state index in [0.29, 0.717) is 30.9 Å². The average Bonchev–Trinajstić information content (AvgIpc) is 3.35. The van der Waals surface area contributed by atoms with E-state index in [1.807, 2.05) is 26.8 Å². The number of amides is 1. The molecule has 0 aliphatic carbocycles. The van der Waals surface area contributed by atoms with Crippen LogP contribution in [0, 0.1) is 44.3 Å². The molecule has 0 bridgehead atoms. The molecule has 4 rings (SSSR count). The maximum absolute atomic E-state index is 14.5. The average molecular weight is 516 g/mol. The van der Waals surface area contributed by atoms with E-state index in [1.165, 1.54) is 6.07 Å². The number of nitrogens with zero attached hydrogens (tertiary/aromatic N) is 3. The van der Waals surface area contributed by atoms with Gasteiger partial charge < -0.3 is 9.30 Å². The monoisotopic (exact) mass is 515 g/mol. The van der Waals surface area contributed by atoms with E-state index in [-0.39, 0.29) is 18.0 Å². The second-order valence-electron chi connectivity index (χ2n) is 11.6. The Morgan fingerprint density at radius 3 is 2.47 bits per heavy atom. The Balaban J connectivity index is 1.50. The van der Waals surface area contributed by atoms with E-state index in [1.54, 1.807) is 11.0 Å². The van der Waals surface area contributed by atoms with E-state index in [2.05, 4.69) is 68.4 Å². The van der Waals surface area contributed by atoms with Crippen LogP contribution in [0.5, 0.6) is 0 Å². The van der Waals surface area contributed by atoms with E-state index < -0.39 is 5.60 Å². The van der Waals surface area contributed by atoms with Crippen molar-refractivity contribution in [1.82, 2.24) is 14.5 Å². The first kappa shape index (κ1) is 27.4. The highest BCUT2D eigenvalue weighted by molar-refractivity contribution is 5.69. The number of ether oxygens (including phenoxy) is 1. The maximum Gasteiger partial charge on any atom is 0.411 e. The number of aryl methyl sites for hydroxylation is 5. The van der Waals surface area contributed by atoms with Gasteiger partial charge in [-0.15, -0.1) is 0 Å². The quantitative estimate of drug-likeness (QED) is 0.363. The Hall–Kier alpha value is -3.59. The number of benzene rings is 1. The summed E-state index contributed by atoms with van der Waals surface area (Å²) in [6.07, 6.45) is 1.76. The zero-order valence-corrected chi connectivity index (χ0v) is 23.6. The summed E-state index contributed by atoms with van der Waals surface area (Å²) < 4.78 is 22.3. The van der Waals surface area contributed by atoms with Gasteiger partial charge in [-0.05, 0) is 120 Å². The summed E-state index contributed by atoms with van der Waals surface area (Å²) >= 11 is 0. The number of carbonyl (C=O) groups is 1. The van der Waals surface area contributed by atoms with E-state index in [0.717, 1.165) is 40.4 Å². The molecule has 38 heavy (non-hydrogen) atoms. The largest absolute Gasteiger partial charge is 0.444 e. The molecule has 1 aliphatic heterocycles. The van der Waals surface area contributed by atoms with E-state index >= 15 is 0 Å². The molecule has 1 fully saturated rings. The van der Waals surface area contributed by atoms with Crippen LogP contribution in [0.1, 0.15) is 67.9 Å². The van der Waals surface area contributed by atoms with Gasteiger partial charge in [0.05, 0.1) is 6.04 Å². The summed E-state index contributed by atoms with van der Waals surface area (Å²) in [5.74, 6) is 7.26. The highest BCUT2D eigenvalue weighted by Gasteiger charge is 2.34. The molecular formula is C32H38FN3O2. The Kier molecular flexibility index (Phi) is 7.97. The number of likely N-dealkylation sites (tertiary alicyclic amines) is 1. The first-order valence-electron chi connectivity index (χ1n) is 13.3. The van der Waals surface area contributed by atoms with Gasteiger partial charge >= 0.3 is 6.09 Å². The van der Waals surface area contributed by atoms with Gasteiger partial charge in [-0.2, -0.15) is 0 Å². The number of pyridine rings is 1. The molecular weight excluding hydrogens is 477 g/mol. The minimum Gasteiger partial charge on any atom is -0.444 e. The van der Waals surface area contributed by atoms with Crippen molar-refractivity contribution in [3.63, 3.8) is 0 Å². The maximum atomic E-state index is 14.5. The highest BCUT2D eigenvalue weighted by Crippen LogP contribution is 2.25. The SMILES string of the molecule is Cc1cc(CCc2cc(F)cc(C#CC3C[C@H](C)CN3C(=O)OC(C)(C)C)c2)nc(-n2c(C)ccc2C)c1. The lowest BCUT2D eigenvalue weighted by Gasteiger charge is -2.26. The van der Waals surface area contributed by atoms with Crippen molar-refractivity contribution in [2.75, 3.05) is 6.54 Å². The Labute approximate surface area is 226 Å². The molecule has 0 saturated carbocycles. The van der Waals surface area contributed by atoms with Crippen molar-refractivity contribution in [2.24, 2.45) is 5.92 Å². The predicted molar refractivity (Wildman–Crippen MR) is 149 cm³/mol. The van der Waals surface area contributed by atoms with Gasteiger partial charge in [0.25, 0.3) is 0 Å². The van der Waals surface area contributed by atoms with Crippen LogP contribution < -0.4 is 0 Å². The molecule has 2 aromatic heterocycles. The summed E-state index contributed by atoms with van der Waals surface area (Å²) in [5, 5.41) is 0. The predicted octanol–water partition coefficient (Wildman–Crippen LogP) is 6.72. The molecule has 1 saturated heterocycles. The third kappa shape index (κ3) is 6.83. The van der Waals surface area contributed by atoms with Gasteiger partial charge in [0, 0.05) is 29.2 Å². The lowest BCUT2D eigenvalue weighted by molar-refractivity contribution is 0.0256. The molecule has 6 heteroatoms. The smallest absolute Gasteiger partial charge is 0.411 e. The summed E-state index contributed by atoms with van der Waals surface area (Å²) in [5.41, 5.74) is 5.31. The molecule has 1 aromatic carbocycles. The van der Waals surface area contributed by atoms with Crippen LogP contribution in [0.2, 0.25) is 0 Å². The van der Waals surface area contributed by atoms with E-state index in [4.69, 9.17) is 9.72 Å². The molecule has 0 spiro atoms. The van der Waals surface area contributed by atoms with Gasteiger partial charge in [-0.1, -0.05) is 18.8 Å². The summed E-state index contributed by atoms with van der Waals surface area (Å²) in [6, 6.07) is 13.1. The molecule has 3 aromatic rings. The van der Waals surface area contributed by atoms with Crippen LogP contribution in [0.3, 0.4) is 0 Å². The molecule has 1 unspecified atom stereocenters. The molecule has 0 radical (unpaired) electrons. The molecule has 200 valence electrons. The Morgan fingerprint density at radius 2 is 1.79 bits per heavy atom. The molecule has 5 nitrogen and oxygen atoms in total.